The van der Waals surface area contributed by atoms with Crippen LogP contribution in [0.5, 0.6) is 5.75 Å². The van der Waals surface area contributed by atoms with Crippen molar-refractivity contribution >= 4 is 22.2 Å². The van der Waals surface area contributed by atoms with Gasteiger partial charge in [-0.3, -0.25) is 0 Å². The van der Waals surface area contributed by atoms with Gasteiger partial charge in [0.1, 0.15) is 29.9 Å². The second-order valence-corrected chi connectivity index (χ2v) is 10.1. The topological polar surface area (TPSA) is 108 Å². The Bertz CT molecular complexity index is 1480. The number of amides is 1. The molecule has 1 amide bonds. The number of carbonyl (C=O) groups excluding carboxylic acids is 2. The molecule has 1 N–H and O–H groups in total. The maximum absolute atomic E-state index is 13.0. The van der Waals surface area contributed by atoms with Gasteiger partial charge in [-0.2, -0.15) is 8.42 Å². The van der Waals surface area contributed by atoms with Gasteiger partial charge in [-0.25, -0.2) is 9.59 Å². The summed E-state index contributed by atoms with van der Waals surface area (Å²) in [6.07, 6.45) is -0.782. The molecule has 0 aliphatic rings. The minimum atomic E-state index is -4.05. The zero-order chi connectivity index (χ0) is 27.5. The second-order valence-electron chi connectivity index (χ2n) is 8.55. The summed E-state index contributed by atoms with van der Waals surface area (Å²) in [5.41, 5.74) is 2.12. The van der Waals surface area contributed by atoms with Crippen LogP contribution in [0.4, 0.5) is 4.79 Å². The number of benzene rings is 4. The standard InChI is InChI=1S/C30H27NO7S/c32-29(36-21-23-11-4-1-5-12-23)28(31-30(33)37-22-24-13-6-2-7-14-24)20-25-15-10-16-26(19-25)38-39(34,35)27-17-8-3-9-18-27/h1-19,28H,20-22H2,(H,31,33)/t28-/m0/s1. The first-order chi connectivity index (χ1) is 18.9. The molecule has 0 radical (unpaired) electrons. The highest BCUT2D eigenvalue weighted by molar-refractivity contribution is 7.87. The van der Waals surface area contributed by atoms with Gasteiger partial charge in [0.15, 0.2) is 0 Å². The van der Waals surface area contributed by atoms with E-state index in [1.807, 2.05) is 60.7 Å². The summed E-state index contributed by atoms with van der Waals surface area (Å²) < 4.78 is 41.3. The Labute approximate surface area is 227 Å². The Morgan fingerprint density at radius 3 is 1.82 bits per heavy atom. The number of carbonyl (C=O) groups is 2. The normalized spacial score (nSPS) is 11.7. The molecule has 39 heavy (non-hydrogen) atoms. The molecule has 0 saturated carbocycles. The van der Waals surface area contributed by atoms with Gasteiger partial charge in [0, 0.05) is 6.42 Å². The molecule has 0 spiro atoms. The molecule has 4 aromatic rings. The van der Waals surface area contributed by atoms with E-state index >= 15 is 0 Å². The molecular formula is C30H27NO7S. The van der Waals surface area contributed by atoms with Gasteiger partial charge in [0.25, 0.3) is 0 Å². The van der Waals surface area contributed by atoms with Crippen LogP contribution in [0.1, 0.15) is 16.7 Å². The molecule has 0 fully saturated rings. The number of ether oxygens (including phenoxy) is 2. The van der Waals surface area contributed by atoms with E-state index in [0.717, 1.165) is 11.1 Å². The molecule has 8 nitrogen and oxygen atoms in total. The SMILES string of the molecule is O=C(N[C@@H](Cc1cccc(OS(=O)(=O)c2ccccc2)c1)C(=O)OCc1ccccc1)OCc1ccccc1. The maximum Gasteiger partial charge on any atom is 0.408 e. The molecule has 4 aromatic carbocycles. The first-order valence-corrected chi connectivity index (χ1v) is 13.6. The Morgan fingerprint density at radius 1 is 0.667 bits per heavy atom. The lowest BCUT2D eigenvalue weighted by Crippen LogP contribution is -2.43. The smallest absolute Gasteiger partial charge is 0.408 e. The van der Waals surface area contributed by atoms with E-state index in [9.17, 15) is 18.0 Å². The molecule has 200 valence electrons. The number of rotatable bonds is 11. The van der Waals surface area contributed by atoms with E-state index in [2.05, 4.69) is 5.32 Å². The molecular weight excluding hydrogens is 518 g/mol. The molecule has 0 bridgehead atoms. The number of nitrogens with one attached hydrogen (secondary N) is 1. The van der Waals surface area contributed by atoms with Crippen molar-refractivity contribution in [1.82, 2.24) is 5.32 Å². The van der Waals surface area contributed by atoms with Crippen LogP contribution in [0.25, 0.3) is 0 Å². The molecule has 0 aromatic heterocycles. The van der Waals surface area contributed by atoms with Crippen LogP contribution in [0.3, 0.4) is 0 Å². The highest BCUT2D eigenvalue weighted by Gasteiger charge is 2.24. The van der Waals surface area contributed by atoms with Gasteiger partial charge in [0.05, 0.1) is 0 Å². The average Bonchev–Trinajstić information content (AvgIpc) is 2.96. The van der Waals surface area contributed by atoms with Crippen molar-refractivity contribution in [3.8, 4) is 5.75 Å². The minimum Gasteiger partial charge on any atom is -0.459 e. The molecule has 9 heteroatoms. The third-order valence-corrected chi connectivity index (χ3v) is 6.85. The van der Waals surface area contributed by atoms with Crippen molar-refractivity contribution in [3.63, 3.8) is 0 Å². The summed E-state index contributed by atoms with van der Waals surface area (Å²) in [5.74, 6) is -0.599. The number of hydrogen-bond donors (Lipinski definition) is 1. The third kappa shape index (κ3) is 8.44. The lowest BCUT2D eigenvalue weighted by molar-refractivity contribution is -0.147. The fourth-order valence-corrected chi connectivity index (χ4v) is 4.60. The Kier molecular flexibility index (Phi) is 9.31. The van der Waals surface area contributed by atoms with Crippen LogP contribution in [0.15, 0.2) is 120 Å². The summed E-state index contributed by atoms with van der Waals surface area (Å²) in [5, 5.41) is 2.57. The zero-order valence-corrected chi connectivity index (χ0v) is 21.8. The first-order valence-electron chi connectivity index (χ1n) is 12.2. The van der Waals surface area contributed by atoms with Gasteiger partial charge in [-0.05, 0) is 41.0 Å². The predicted molar refractivity (Wildman–Crippen MR) is 144 cm³/mol. The maximum atomic E-state index is 13.0. The number of esters is 1. The van der Waals surface area contributed by atoms with Crippen LogP contribution in [-0.2, 0) is 44.0 Å². The summed E-state index contributed by atoms with van der Waals surface area (Å²) in [6.45, 7) is 0.0501. The van der Waals surface area contributed by atoms with Crippen molar-refractivity contribution < 1.29 is 31.7 Å². The summed E-state index contributed by atoms with van der Waals surface area (Å²) in [7, 11) is -4.05. The minimum absolute atomic E-state index is 0.0106. The molecule has 0 aliphatic carbocycles. The Balaban J connectivity index is 1.46. The van der Waals surface area contributed by atoms with Crippen molar-refractivity contribution in [2.45, 2.75) is 30.6 Å². The Morgan fingerprint density at radius 2 is 1.21 bits per heavy atom. The van der Waals surface area contributed by atoms with E-state index < -0.39 is 28.2 Å². The van der Waals surface area contributed by atoms with E-state index in [4.69, 9.17) is 13.7 Å². The molecule has 0 saturated heterocycles. The van der Waals surface area contributed by atoms with Crippen LogP contribution in [0.2, 0.25) is 0 Å². The van der Waals surface area contributed by atoms with Crippen LogP contribution < -0.4 is 9.50 Å². The molecule has 0 heterocycles. The highest BCUT2D eigenvalue weighted by atomic mass is 32.2. The fraction of sp³-hybridized carbons (Fsp3) is 0.133. The lowest BCUT2D eigenvalue weighted by atomic mass is 10.1. The number of alkyl carbamates (subject to hydrolysis) is 1. The first kappa shape index (κ1) is 27.4. The van der Waals surface area contributed by atoms with Gasteiger partial charge < -0.3 is 19.0 Å². The molecule has 1 atom stereocenters. The molecule has 4 rings (SSSR count). The van der Waals surface area contributed by atoms with E-state index in [0.29, 0.717) is 5.56 Å². The van der Waals surface area contributed by atoms with Gasteiger partial charge >= 0.3 is 22.2 Å². The molecule has 0 aliphatic heterocycles. The van der Waals surface area contributed by atoms with Crippen molar-refractivity contribution in [2.24, 2.45) is 0 Å². The van der Waals surface area contributed by atoms with Crippen molar-refractivity contribution in [1.29, 1.82) is 0 Å². The quantitative estimate of drug-likeness (QED) is 0.208. The van der Waals surface area contributed by atoms with Crippen LogP contribution in [-0.4, -0.2) is 26.5 Å². The van der Waals surface area contributed by atoms with Crippen LogP contribution in [0, 0.1) is 0 Å². The van der Waals surface area contributed by atoms with E-state index in [1.54, 1.807) is 30.3 Å². The van der Waals surface area contributed by atoms with Crippen LogP contribution >= 0.6 is 0 Å². The average molecular weight is 546 g/mol. The highest BCUT2D eigenvalue weighted by Crippen LogP contribution is 2.21. The fourth-order valence-electron chi connectivity index (χ4n) is 3.65. The monoisotopic (exact) mass is 545 g/mol. The molecule has 0 unspecified atom stereocenters. The number of hydrogen-bond acceptors (Lipinski definition) is 7. The zero-order valence-electron chi connectivity index (χ0n) is 20.9. The van der Waals surface area contributed by atoms with Gasteiger partial charge in [-0.1, -0.05) is 91.0 Å². The summed E-state index contributed by atoms with van der Waals surface area (Å²) >= 11 is 0. The lowest BCUT2D eigenvalue weighted by Gasteiger charge is -2.18. The largest absolute Gasteiger partial charge is 0.459 e. The second kappa shape index (κ2) is 13.3. The third-order valence-electron chi connectivity index (χ3n) is 5.59. The Hall–Kier alpha value is -4.63. The van der Waals surface area contributed by atoms with E-state index in [-0.39, 0.29) is 30.3 Å². The van der Waals surface area contributed by atoms with Gasteiger partial charge in [-0.15, -0.1) is 0 Å². The summed E-state index contributed by atoms with van der Waals surface area (Å²) in [6, 6.07) is 31.2. The summed E-state index contributed by atoms with van der Waals surface area (Å²) in [4.78, 5) is 25.6. The van der Waals surface area contributed by atoms with E-state index in [1.165, 1.54) is 24.3 Å². The van der Waals surface area contributed by atoms with Crippen molar-refractivity contribution in [3.05, 3.63) is 132 Å². The van der Waals surface area contributed by atoms with Gasteiger partial charge in [0.2, 0.25) is 0 Å². The predicted octanol–water partition coefficient (Wildman–Crippen LogP) is 5.04. The van der Waals surface area contributed by atoms with Crippen molar-refractivity contribution in [2.75, 3.05) is 0 Å².